The van der Waals surface area contributed by atoms with Gasteiger partial charge in [-0.05, 0) is 24.1 Å². The van der Waals surface area contributed by atoms with Gasteiger partial charge in [0.25, 0.3) is 5.89 Å². The average molecular weight is 330 g/mol. The van der Waals surface area contributed by atoms with Crippen molar-refractivity contribution in [1.29, 1.82) is 0 Å². The van der Waals surface area contributed by atoms with Gasteiger partial charge in [-0.2, -0.15) is 10.1 Å². The average Bonchev–Trinajstić information content (AvgIpc) is 3.27. The first-order chi connectivity index (χ1) is 11.6. The second kappa shape index (κ2) is 7.12. The lowest BCUT2D eigenvalue weighted by atomic mass is 10.1. The minimum absolute atomic E-state index is 0.0842. The summed E-state index contributed by atoms with van der Waals surface area (Å²) >= 11 is 0. The van der Waals surface area contributed by atoms with Crippen molar-refractivity contribution in [2.75, 3.05) is 0 Å². The van der Waals surface area contributed by atoms with Crippen LogP contribution in [0.2, 0.25) is 0 Å². The fourth-order valence-electron chi connectivity index (χ4n) is 2.12. The highest BCUT2D eigenvalue weighted by Crippen LogP contribution is 2.12. The summed E-state index contributed by atoms with van der Waals surface area (Å²) < 4.78 is 17.3. The monoisotopic (exact) mass is 330 g/mol. The lowest BCUT2D eigenvalue weighted by molar-refractivity contribution is 0.0391. The van der Waals surface area contributed by atoms with Gasteiger partial charge in [-0.25, -0.2) is 4.79 Å². The highest BCUT2D eigenvalue weighted by atomic mass is 16.6. The van der Waals surface area contributed by atoms with E-state index in [0.29, 0.717) is 30.5 Å². The maximum absolute atomic E-state index is 12.0. The van der Waals surface area contributed by atoms with Crippen molar-refractivity contribution >= 4 is 5.97 Å². The first-order valence-corrected chi connectivity index (χ1v) is 7.65. The molecule has 3 rings (SSSR count). The van der Waals surface area contributed by atoms with Gasteiger partial charge in [0.15, 0.2) is 12.4 Å². The molecule has 0 spiro atoms. The molecule has 24 heavy (non-hydrogen) atoms. The summed E-state index contributed by atoms with van der Waals surface area (Å²) in [6.07, 6.45) is 4.20. The molecule has 0 aliphatic rings. The van der Waals surface area contributed by atoms with E-state index in [9.17, 15) is 4.79 Å². The van der Waals surface area contributed by atoms with E-state index < -0.39 is 5.97 Å². The van der Waals surface area contributed by atoms with Gasteiger partial charge in [0.2, 0.25) is 5.76 Å². The summed E-state index contributed by atoms with van der Waals surface area (Å²) in [6.45, 7) is 4.49. The van der Waals surface area contributed by atoms with Crippen LogP contribution in [0.3, 0.4) is 0 Å². The number of hydrogen-bond acceptors (Lipinski definition) is 7. The zero-order chi connectivity index (χ0) is 16.9. The van der Waals surface area contributed by atoms with E-state index in [2.05, 4.69) is 29.1 Å². The van der Waals surface area contributed by atoms with Crippen LogP contribution in [0.1, 0.15) is 41.9 Å². The van der Waals surface area contributed by atoms with Crippen molar-refractivity contribution in [3.8, 4) is 0 Å². The van der Waals surface area contributed by atoms with Crippen LogP contribution in [0.15, 0.2) is 39.5 Å². The molecule has 0 unspecified atom stereocenters. The molecule has 0 N–H and O–H groups in total. The molecule has 0 atom stereocenters. The number of furan rings is 1. The molecule has 0 bridgehead atoms. The number of esters is 1. The van der Waals surface area contributed by atoms with E-state index in [1.165, 1.54) is 0 Å². The van der Waals surface area contributed by atoms with Gasteiger partial charge in [-0.15, -0.1) is 0 Å². The highest BCUT2D eigenvalue weighted by Gasteiger charge is 2.15. The fourth-order valence-corrected chi connectivity index (χ4v) is 2.12. The molecule has 0 aliphatic heterocycles. The number of rotatable bonds is 7. The maximum Gasteiger partial charge on any atom is 0.374 e. The fraction of sp³-hybridized carbons (Fsp3) is 0.375. The smallest absolute Gasteiger partial charge is 0.374 e. The first kappa shape index (κ1) is 16.0. The minimum atomic E-state index is -0.578. The van der Waals surface area contributed by atoms with E-state index >= 15 is 0 Å². The maximum atomic E-state index is 12.0. The summed E-state index contributed by atoms with van der Waals surface area (Å²) in [5.41, 5.74) is 0. The van der Waals surface area contributed by atoms with E-state index in [-0.39, 0.29) is 18.3 Å². The van der Waals surface area contributed by atoms with E-state index in [1.807, 2.05) is 12.3 Å². The third kappa shape index (κ3) is 4.09. The number of carbonyl (C=O) groups excluding carboxylic acids is 1. The van der Waals surface area contributed by atoms with E-state index in [0.717, 1.165) is 0 Å². The molecule has 126 valence electrons. The molecular weight excluding hydrogens is 312 g/mol. The molecule has 0 radical (unpaired) electrons. The molecule has 3 aromatic heterocycles. The van der Waals surface area contributed by atoms with Crippen molar-refractivity contribution in [3.05, 3.63) is 53.8 Å². The summed E-state index contributed by atoms with van der Waals surface area (Å²) in [5, 5.41) is 7.92. The molecule has 0 aliphatic carbocycles. The highest BCUT2D eigenvalue weighted by molar-refractivity contribution is 5.86. The molecule has 8 heteroatoms. The van der Waals surface area contributed by atoms with E-state index in [1.54, 1.807) is 23.0 Å². The number of nitrogens with zero attached hydrogens (tertiary/aromatic N) is 4. The third-order valence-corrected chi connectivity index (χ3v) is 3.17. The Morgan fingerprint density at radius 1 is 1.38 bits per heavy atom. The van der Waals surface area contributed by atoms with Gasteiger partial charge in [0, 0.05) is 18.8 Å². The van der Waals surface area contributed by atoms with Crippen LogP contribution in [0.25, 0.3) is 0 Å². The Balaban J connectivity index is 1.53. The van der Waals surface area contributed by atoms with Gasteiger partial charge in [0.1, 0.15) is 5.76 Å². The first-order valence-electron chi connectivity index (χ1n) is 7.65. The van der Waals surface area contributed by atoms with Crippen LogP contribution >= 0.6 is 0 Å². The summed E-state index contributed by atoms with van der Waals surface area (Å²) in [6, 6.07) is 5.10. The van der Waals surface area contributed by atoms with Crippen molar-refractivity contribution in [3.63, 3.8) is 0 Å². The summed E-state index contributed by atoms with van der Waals surface area (Å²) in [5.74, 6) is 1.46. The molecular formula is C16H18N4O4. The van der Waals surface area contributed by atoms with E-state index in [4.69, 9.17) is 13.7 Å². The predicted molar refractivity (Wildman–Crippen MR) is 82.0 cm³/mol. The van der Waals surface area contributed by atoms with Crippen LogP contribution in [0.4, 0.5) is 0 Å². The molecule has 3 heterocycles. The number of hydrogen-bond donors (Lipinski definition) is 0. The number of ether oxygens (including phenoxy) is 1. The summed E-state index contributed by atoms with van der Waals surface area (Å²) in [4.78, 5) is 16.2. The Hall–Kier alpha value is -2.90. The zero-order valence-electron chi connectivity index (χ0n) is 13.5. The Morgan fingerprint density at radius 2 is 2.25 bits per heavy atom. The van der Waals surface area contributed by atoms with Crippen molar-refractivity contribution in [2.24, 2.45) is 5.92 Å². The number of aromatic nitrogens is 4. The molecule has 8 nitrogen and oxygen atoms in total. The predicted octanol–water partition coefficient (Wildman–Crippen LogP) is 2.46. The zero-order valence-corrected chi connectivity index (χ0v) is 13.5. The normalized spacial score (nSPS) is 11.1. The van der Waals surface area contributed by atoms with Crippen molar-refractivity contribution < 1.29 is 18.5 Å². The van der Waals surface area contributed by atoms with Gasteiger partial charge in [-0.3, -0.25) is 4.68 Å². The van der Waals surface area contributed by atoms with Crippen molar-refractivity contribution in [1.82, 2.24) is 19.9 Å². The van der Waals surface area contributed by atoms with Gasteiger partial charge < -0.3 is 13.7 Å². The Morgan fingerprint density at radius 3 is 3.00 bits per heavy atom. The van der Waals surface area contributed by atoms with Crippen LogP contribution in [-0.2, 0) is 24.3 Å². The minimum Gasteiger partial charge on any atom is -0.452 e. The third-order valence-electron chi connectivity index (χ3n) is 3.17. The van der Waals surface area contributed by atoms with Crippen LogP contribution in [-0.4, -0.2) is 25.9 Å². The number of carbonyl (C=O) groups is 1. The van der Waals surface area contributed by atoms with Crippen LogP contribution in [0, 0.1) is 5.92 Å². The Bertz CT molecular complexity index is 789. The largest absolute Gasteiger partial charge is 0.452 e. The summed E-state index contributed by atoms with van der Waals surface area (Å²) in [7, 11) is 0. The Kier molecular flexibility index (Phi) is 4.74. The molecule has 0 saturated heterocycles. The standard InChI is InChI=1S/C16H18N4O4/c1-11(2)8-14-18-15(24-19-14)10-22-16(21)13-5-4-12(23-13)9-20-7-3-6-17-20/h3-7,11H,8-10H2,1-2H3. The molecule has 0 saturated carbocycles. The molecule has 0 fully saturated rings. The lowest BCUT2D eigenvalue weighted by Crippen LogP contribution is -2.05. The second-order valence-electron chi connectivity index (χ2n) is 5.75. The second-order valence-corrected chi connectivity index (χ2v) is 5.75. The molecule has 0 aromatic carbocycles. The topological polar surface area (TPSA) is 96.2 Å². The Labute approximate surface area is 138 Å². The SMILES string of the molecule is CC(C)Cc1noc(COC(=O)c2ccc(Cn3cccn3)o2)n1. The van der Waals surface area contributed by atoms with Gasteiger partial charge in [-0.1, -0.05) is 19.0 Å². The quantitative estimate of drug-likeness (QED) is 0.614. The van der Waals surface area contributed by atoms with Crippen molar-refractivity contribution in [2.45, 2.75) is 33.4 Å². The van der Waals surface area contributed by atoms with Gasteiger partial charge in [0.05, 0.1) is 6.54 Å². The molecule has 0 amide bonds. The van der Waals surface area contributed by atoms with Crippen LogP contribution < -0.4 is 0 Å². The lowest BCUT2D eigenvalue weighted by Gasteiger charge is -1.99. The van der Waals surface area contributed by atoms with Crippen LogP contribution in [0.5, 0.6) is 0 Å². The van der Waals surface area contributed by atoms with Gasteiger partial charge >= 0.3 is 5.97 Å². The molecule has 3 aromatic rings.